The van der Waals surface area contributed by atoms with E-state index in [4.69, 9.17) is 0 Å². The molecule has 2 N–H and O–H groups in total. The quantitative estimate of drug-likeness (QED) is 0.872. The lowest BCUT2D eigenvalue weighted by atomic mass is 9.80. The second-order valence-electron chi connectivity index (χ2n) is 7.32. The maximum atomic E-state index is 14.0. The number of fused-ring (bicyclic) bond motifs is 1. The molecule has 1 aliphatic carbocycles. The van der Waals surface area contributed by atoms with Crippen molar-refractivity contribution >= 4 is 6.03 Å². The zero-order chi connectivity index (χ0) is 17.3. The molecule has 1 heterocycles. The SMILES string of the molecule is CC(O)C1CCN(C(=O)NC2c3cccc(F)c3CCC2C)CC1. The summed E-state index contributed by atoms with van der Waals surface area (Å²) in [5, 5.41) is 12.8. The van der Waals surface area contributed by atoms with Crippen LogP contribution in [0, 0.1) is 17.7 Å². The molecule has 1 aromatic carbocycles. The van der Waals surface area contributed by atoms with Crippen molar-refractivity contribution in [2.45, 2.75) is 51.7 Å². The summed E-state index contributed by atoms with van der Waals surface area (Å²) in [6.45, 7) is 5.26. The Kier molecular flexibility index (Phi) is 5.09. The van der Waals surface area contributed by atoms with Crippen molar-refractivity contribution in [3.63, 3.8) is 0 Å². The molecule has 3 rings (SSSR count). The van der Waals surface area contributed by atoms with Gasteiger partial charge in [-0.1, -0.05) is 19.1 Å². The molecule has 1 aromatic rings. The first-order valence-corrected chi connectivity index (χ1v) is 8.98. The molecule has 3 atom stereocenters. The molecule has 1 saturated heterocycles. The van der Waals surface area contributed by atoms with Crippen LogP contribution in [0.2, 0.25) is 0 Å². The first-order valence-electron chi connectivity index (χ1n) is 8.98. The van der Waals surface area contributed by atoms with Gasteiger partial charge >= 0.3 is 6.03 Å². The summed E-state index contributed by atoms with van der Waals surface area (Å²) < 4.78 is 14.0. The molecule has 132 valence electrons. The van der Waals surface area contributed by atoms with Crippen molar-refractivity contribution in [2.24, 2.45) is 11.8 Å². The van der Waals surface area contributed by atoms with E-state index in [0.29, 0.717) is 19.0 Å². The number of urea groups is 1. The third kappa shape index (κ3) is 3.41. The maximum Gasteiger partial charge on any atom is 0.317 e. The van der Waals surface area contributed by atoms with Gasteiger partial charge in [0.2, 0.25) is 0 Å². The number of carbonyl (C=O) groups excluding carboxylic acids is 1. The molecule has 0 radical (unpaired) electrons. The molecule has 0 bridgehead atoms. The monoisotopic (exact) mass is 334 g/mol. The van der Waals surface area contributed by atoms with Gasteiger partial charge in [0.25, 0.3) is 0 Å². The van der Waals surface area contributed by atoms with Gasteiger partial charge in [0, 0.05) is 13.1 Å². The van der Waals surface area contributed by atoms with Crippen molar-refractivity contribution in [1.29, 1.82) is 0 Å². The van der Waals surface area contributed by atoms with E-state index in [2.05, 4.69) is 12.2 Å². The number of hydrogen-bond donors (Lipinski definition) is 2. The summed E-state index contributed by atoms with van der Waals surface area (Å²) in [4.78, 5) is 14.5. The van der Waals surface area contributed by atoms with E-state index in [0.717, 1.165) is 36.8 Å². The highest BCUT2D eigenvalue weighted by atomic mass is 19.1. The molecule has 0 spiro atoms. The minimum atomic E-state index is -0.316. The number of piperidine rings is 1. The molecule has 24 heavy (non-hydrogen) atoms. The third-order valence-electron chi connectivity index (χ3n) is 5.70. The van der Waals surface area contributed by atoms with Crippen LogP contribution >= 0.6 is 0 Å². The smallest absolute Gasteiger partial charge is 0.317 e. The molecule has 0 aromatic heterocycles. The number of halogens is 1. The molecule has 4 nitrogen and oxygen atoms in total. The van der Waals surface area contributed by atoms with Gasteiger partial charge in [-0.3, -0.25) is 0 Å². The largest absolute Gasteiger partial charge is 0.393 e. The molecule has 1 aliphatic heterocycles. The van der Waals surface area contributed by atoms with Crippen LogP contribution in [0.25, 0.3) is 0 Å². The van der Waals surface area contributed by atoms with Crippen LogP contribution in [0.5, 0.6) is 0 Å². The number of amides is 2. The number of aliphatic hydroxyl groups is 1. The van der Waals surface area contributed by atoms with Crippen LogP contribution in [0.4, 0.5) is 9.18 Å². The van der Waals surface area contributed by atoms with Crippen LogP contribution in [-0.2, 0) is 6.42 Å². The Labute approximate surface area is 143 Å². The zero-order valence-electron chi connectivity index (χ0n) is 14.5. The molecule has 2 amide bonds. The first-order chi connectivity index (χ1) is 11.5. The fourth-order valence-corrected chi connectivity index (χ4v) is 4.00. The lowest BCUT2D eigenvalue weighted by Crippen LogP contribution is -2.48. The van der Waals surface area contributed by atoms with Crippen LogP contribution in [0.1, 0.15) is 50.3 Å². The molecule has 2 aliphatic rings. The van der Waals surface area contributed by atoms with E-state index < -0.39 is 0 Å². The van der Waals surface area contributed by atoms with E-state index in [1.165, 1.54) is 6.07 Å². The molecule has 3 unspecified atom stereocenters. The third-order valence-corrected chi connectivity index (χ3v) is 5.70. The van der Waals surface area contributed by atoms with Crippen LogP contribution in [-0.4, -0.2) is 35.2 Å². The number of rotatable bonds is 2. The second-order valence-corrected chi connectivity index (χ2v) is 7.32. The number of benzene rings is 1. The van der Waals surface area contributed by atoms with E-state index >= 15 is 0 Å². The Morgan fingerprint density at radius 1 is 1.33 bits per heavy atom. The number of aliphatic hydroxyl groups excluding tert-OH is 1. The Balaban J connectivity index is 1.68. The number of nitrogens with zero attached hydrogens (tertiary/aromatic N) is 1. The van der Waals surface area contributed by atoms with Crippen molar-refractivity contribution in [1.82, 2.24) is 10.2 Å². The highest BCUT2D eigenvalue weighted by molar-refractivity contribution is 5.75. The summed E-state index contributed by atoms with van der Waals surface area (Å²) in [5.41, 5.74) is 1.66. The second kappa shape index (κ2) is 7.09. The van der Waals surface area contributed by atoms with Gasteiger partial charge in [0.05, 0.1) is 12.1 Å². The lowest BCUT2D eigenvalue weighted by Gasteiger charge is -2.37. The van der Waals surface area contributed by atoms with Gasteiger partial charge in [0.15, 0.2) is 0 Å². The zero-order valence-corrected chi connectivity index (χ0v) is 14.5. The van der Waals surface area contributed by atoms with Gasteiger partial charge in [-0.15, -0.1) is 0 Å². The van der Waals surface area contributed by atoms with Gasteiger partial charge in [0.1, 0.15) is 5.82 Å². The molecular formula is C19H27FN2O2. The fraction of sp³-hybridized carbons (Fsp3) is 0.632. The standard InChI is InChI=1S/C19H27FN2O2/c1-12-6-7-15-16(4-3-5-17(15)20)18(12)21-19(24)22-10-8-14(9-11-22)13(2)23/h3-5,12-14,18,23H,6-11H2,1-2H3,(H,21,24). The molecular weight excluding hydrogens is 307 g/mol. The summed E-state index contributed by atoms with van der Waals surface area (Å²) in [6, 6.07) is 4.94. The number of likely N-dealkylation sites (tertiary alicyclic amines) is 1. The number of nitrogens with one attached hydrogen (secondary N) is 1. The Morgan fingerprint density at radius 2 is 2.04 bits per heavy atom. The summed E-state index contributed by atoms with van der Waals surface area (Å²) >= 11 is 0. The highest BCUT2D eigenvalue weighted by Crippen LogP contribution is 2.35. The van der Waals surface area contributed by atoms with E-state index in [-0.39, 0.29) is 29.9 Å². The van der Waals surface area contributed by atoms with Crippen LogP contribution < -0.4 is 5.32 Å². The fourth-order valence-electron chi connectivity index (χ4n) is 4.00. The van der Waals surface area contributed by atoms with Crippen LogP contribution in [0.3, 0.4) is 0 Å². The van der Waals surface area contributed by atoms with Gasteiger partial charge in [-0.05, 0) is 61.6 Å². The summed E-state index contributed by atoms with van der Waals surface area (Å²) in [6.07, 6.45) is 2.95. The van der Waals surface area contributed by atoms with Gasteiger partial charge < -0.3 is 15.3 Å². The van der Waals surface area contributed by atoms with Crippen LogP contribution in [0.15, 0.2) is 18.2 Å². The first kappa shape index (κ1) is 17.2. The lowest BCUT2D eigenvalue weighted by molar-refractivity contribution is 0.0787. The Morgan fingerprint density at radius 3 is 2.71 bits per heavy atom. The molecule has 1 fully saturated rings. The van der Waals surface area contributed by atoms with Gasteiger partial charge in [-0.25, -0.2) is 9.18 Å². The average Bonchev–Trinajstić information content (AvgIpc) is 2.57. The summed E-state index contributed by atoms with van der Waals surface area (Å²) in [7, 11) is 0. The molecule has 5 heteroatoms. The number of carbonyl (C=O) groups is 1. The molecule has 0 saturated carbocycles. The minimum absolute atomic E-state index is 0.0759. The predicted octanol–water partition coefficient (Wildman–Crippen LogP) is 3.25. The predicted molar refractivity (Wildman–Crippen MR) is 91.1 cm³/mol. The maximum absolute atomic E-state index is 14.0. The highest BCUT2D eigenvalue weighted by Gasteiger charge is 2.32. The van der Waals surface area contributed by atoms with Gasteiger partial charge in [-0.2, -0.15) is 0 Å². The summed E-state index contributed by atoms with van der Waals surface area (Å²) in [5.74, 6) is 0.395. The topological polar surface area (TPSA) is 52.6 Å². The van der Waals surface area contributed by atoms with Crippen molar-refractivity contribution in [2.75, 3.05) is 13.1 Å². The van der Waals surface area contributed by atoms with E-state index in [1.807, 2.05) is 17.9 Å². The minimum Gasteiger partial charge on any atom is -0.393 e. The Hall–Kier alpha value is -1.62. The van der Waals surface area contributed by atoms with E-state index in [1.54, 1.807) is 6.07 Å². The average molecular weight is 334 g/mol. The van der Waals surface area contributed by atoms with Crippen molar-refractivity contribution in [3.8, 4) is 0 Å². The number of hydrogen-bond acceptors (Lipinski definition) is 2. The Bertz CT molecular complexity index is 597. The van der Waals surface area contributed by atoms with E-state index in [9.17, 15) is 14.3 Å². The normalized spacial score (nSPS) is 25.9. The van der Waals surface area contributed by atoms with Crippen molar-refractivity contribution in [3.05, 3.63) is 35.1 Å². The van der Waals surface area contributed by atoms with Crippen molar-refractivity contribution < 1.29 is 14.3 Å².